The molecule has 0 aromatic heterocycles. The zero-order valence-corrected chi connectivity index (χ0v) is 8.45. The van der Waals surface area contributed by atoms with Gasteiger partial charge in [0, 0.05) is 12.1 Å². The van der Waals surface area contributed by atoms with Crippen molar-refractivity contribution in [3.63, 3.8) is 0 Å². The first kappa shape index (κ1) is 10.6. The Labute approximate surface area is 83.8 Å². The van der Waals surface area contributed by atoms with E-state index in [1.807, 2.05) is 13.0 Å². The van der Waals surface area contributed by atoms with Crippen molar-refractivity contribution in [1.29, 1.82) is 0 Å². The van der Waals surface area contributed by atoms with Crippen molar-refractivity contribution in [3.8, 4) is 11.5 Å². The van der Waals surface area contributed by atoms with Crippen LogP contribution in [0, 0.1) is 6.92 Å². The van der Waals surface area contributed by atoms with E-state index in [0.717, 1.165) is 11.1 Å². The van der Waals surface area contributed by atoms with Crippen LogP contribution in [0.5, 0.6) is 11.5 Å². The number of aryl methyl sites for hydroxylation is 1. The molecule has 0 unspecified atom stereocenters. The molecule has 0 amide bonds. The average molecular weight is 193 g/mol. The molecule has 0 radical (unpaired) electrons. The van der Waals surface area contributed by atoms with E-state index in [1.165, 1.54) is 7.11 Å². The highest BCUT2D eigenvalue weighted by atomic mass is 16.5. The predicted molar refractivity (Wildman–Crippen MR) is 57.5 cm³/mol. The maximum atomic E-state index is 9.78. The fourth-order valence-electron chi connectivity index (χ4n) is 1.25. The molecule has 0 aliphatic rings. The lowest BCUT2D eigenvalue weighted by Crippen LogP contribution is -1.93. The van der Waals surface area contributed by atoms with Crippen LogP contribution in [0.15, 0.2) is 18.2 Å². The third-order valence-electron chi connectivity index (χ3n) is 2.04. The number of hydrogen-bond acceptors (Lipinski definition) is 3. The van der Waals surface area contributed by atoms with Gasteiger partial charge in [-0.25, -0.2) is 0 Å². The molecule has 0 aliphatic carbocycles. The van der Waals surface area contributed by atoms with Crippen molar-refractivity contribution in [2.45, 2.75) is 6.92 Å². The maximum absolute atomic E-state index is 9.78. The summed E-state index contributed by atoms with van der Waals surface area (Å²) in [5.74, 6) is 0.643. The van der Waals surface area contributed by atoms with Gasteiger partial charge >= 0.3 is 0 Å². The van der Waals surface area contributed by atoms with Crippen molar-refractivity contribution in [2.75, 3.05) is 13.7 Å². The SMILES string of the molecule is COc1ccc(C)c(/C=C/CN)c1O. The minimum atomic E-state index is 0.164. The second-order valence-corrected chi connectivity index (χ2v) is 2.99. The van der Waals surface area contributed by atoms with Crippen LogP contribution in [0.4, 0.5) is 0 Å². The Balaban J connectivity index is 3.18. The summed E-state index contributed by atoms with van der Waals surface area (Å²) < 4.78 is 5.01. The highest BCUT2D eigenvalue weighted by Crippen LogP contribution is 2.32. The molecule has 0 saturated carbocycles. The molecule has 0 aliphatic heterocycles. The second kappa shape index (κ2) is 4.67. The van der Waals surface area contributed by atoms with Crippen LogP contribution < -0.4 is 10.5 Å². The quantitative estimate of drug-likeness (QED) is 0.768. The molecule has 1 aromatic rings. The van der Waals surface area contributed by atoms with Gasteiger partial charge in [-0.2, -0.15) is 0 Å². The Hall–Kier alpha value is -1.48. The van der Waals surface area contributed by atoms with Gasteiger partial charge in [-0.1, -0.05) is 18.2 Å². The van der Waals surface area contributed by atoms with Crippen LogP contribution in [-0.2, 0) is 0 Å². The number of phenols is 1. The van der Waals surface area contributed by atoms with E-state index >= 15 is 0 Å². The molecule has 76 valence electrons. The normalized spacial score (nSPS) is 10.8. The van der Waals surface area contributed by atoms with Gasteiger partial charge < -0.3 is 15.6 Å². The van der Waals surface area contributed by atoms with Gasteiger partial charge in [0.15, 0.2) is 11.5 Å². The van der Waals surface area contributed by atoms with Gasteiger partial charge in [0.25, 0.3) is 0 Å². The van der Waals surface area contributed by atoms with Crippen LogP contribution in [0.2, 0.25) is 0 Å². The number of rotatable bonds is 3. The van der Waals surface area contributed by atoms with Gasteiger partial charge in [0.05, 0.1) is 7.11 Å². The monoisotopic (exact) mass is 193 g/mol. The Morgan fingerprint density at radius 3 is 2.79 bits per heavy atom. The second-order valence-electron chi connectivity index (χ2n) is 2.99. The molecule has 0 bridgehead atoms. The van der Waals surface area contributed by atoms with E-state index in [0.29, 0.717) is 12.3 Å². The molecule has 3 N–H and O–H groups in total. The number of methoxy groups -OCH3 is 1. The van der Waals surface area contributed by atoms with Crippen LogP contribution in [0.25, 0.3) is 6.08 Å². The Kier molecular flexibility index (Phi) is 3.54. The topological polar surface area (TPSA) is 55.5 Å². The zero-order valence-electron chi connectivity index (χ0n) is 8.45. The summed E-state index contributed by atoms with van der Waals surface area (Å²) in [6.07, 6.45) is 3.59. The first-order valence-electron chi connectivity index (χ1n) is 4.44. The van der Waals surface area contributed by atoms with Crippen molar-refractivity contribution >= 4 is 6.08 Å². The van der Waals surface area contributed by atoms with E-state index in [4.69, 9.17) is 10.5 Å². The molecule has 0 atom stereocenters. The van der Waals surface area contributed by atoms with Crippen LogP contribution >= 0.6 is 0 Å². The minimum Gasteiger partial charge on any atom is -0.504 e. The highest BCUT2D eigenvalue weighted by Gasteiger charge is 2.07. The van der Waals surface area contributed by atoms with Crippen molar-refractivity contribution < 1.29 is 9.84 Å². The molecule has 0 saturated heterocycles. The molecule has 14 heavy (non-hydrogen) atoms. The zero-order chi connectivity index (χ0) is 10.6. The molecule has 0 spiro atoms. The van der Waals surface area contributed by atoms with E-state index in [1.54, 1.807) is 18.2 Å². The van der Waals surface area contributed by atoms with Gasteiger partial charge in [-0.05, 0) is 18.6 Å². The first-order valence-corrected chi connectivity index (χ1v) is 4.44. The third-order valence-corrected chi connectivity index (χ3v) is 2.04. The smallest absolute Gasteiger partial charge is 0.165 e. The van der Waals surface area contributed by atoms with E-state index in [9.17, 15) is 5.11 Å². The van der Waals surface area contributed by atoms with Gasteiger partial charge in [-0.3, -0.25) is 0 Å². The Bertz CT molecular complexity index is 345. The largest absolute Gasteiger partial charge is 0.504 e. The average Bonchev–Trinajstić information content (AvgIpc) is 2.18. The minimum absolute atomic E-state index is 0.164. The standard InChI is InChI=1S/C11H15NO2/c1-8-5-6-10(14-2)11(13)9(8)4-3-7-12/h3-6,13H,7,12H2,1-2H3/b4-3+. The molecule has 0 heterocycles. The molecular formula is C11H15NO2. The lowest BCUT2D eigenvalue weighted by atomic mass is 10.1. The third kappa shape index (κ3) is 2.06. The Morgan fingerprint density at radius 1 is 1.50 bits per heavy atom. The summed E-state index contributed by atoms with van der Waals surface area (Å²) in [6.45, 7) is 2.38. The van der Waals surface area contributed by atoms with Crippen LogP contribution in [0.1, 0.15) is 11.1 Å². The maximum Gasteiger partial charge on any atom is 0.165 e. The van der Waals surface area contributed by atoms with Crippen molar-refractivity contribution in [3.05, 3.63) is 29.3 Å². The number of nitrogens with two attached hydrogens (primary N) is 1. The molecule has 3 heteroatoms. The summed E-state index contributed by atoms with van der Waals surface area (Å²) >= 11 is 0. The predicted octanol–water partition coefficient (Wildman–Crippen LogP) is 1.68. The number of aromatic hydroxyl groups is 1. The van der Waals surface area contributed by atoms with Gasteiger partial charge in [0.1, 0.15) is 0 Å². The number of phenolic OH excluding ortho intramolecular Hbond substituents is 1. The van der Waals surface area contributed by atoms with E-state index < -0.39 is 0 Å². The lowest BCUT2D eigenvalue weighted by molar-refractivity contribution is 0.372. The molecule has 0 fully saturated rings. The van der Waals surface area contributed by atoms with E-state index in [-0.39, 0.29) is 5.75 Å². The molecule has 1 rings (SSSR count). The fraction of sp³-hybridized carbons (Fsp3) is 0.273. The summed E-state index contributed by atoms with van der Waals surface area (Å²) in [4.78, 5) is 0. The van der Waals surface area contributed by atoms with Crippen molar-refractivity contribution in [1.82, 2.24) is 0 Å². The summed E-state index contributed by atoms with van der Waals surface area (Å²) in [5, 5.41) is 9.78. The highest BCUT2D eigenvalue weighted by molar-refractivity contribution is 5.65. The number of ether oxygens (including phenoxy) is 1. The van der Waals surface area contributed by atoms with Gasteiger partial charge in [0.2, 0.25) is 0 Å². The summed E-state index contributed by atoms with van der Waals surface area (Å²) in [5.41, 5.74) is 7.10. The van der Waals surface area contributed by atoms with Crippen molar-refractivity contribution in [2.24, 2.45) is 5.73 Å². The lowest BCUT2D eigenvalue weighted by Gasteiger charge is -2.08. The molecule has 3 nitrogen and oxygen atoms in total. The van der Waals surface area contributed by atoms with Crippen LogP contribution in [-0.4, -0.2) is 18.8 Å². The molecular weight excluding hydrogens is 178 g/mol. The number of hydrogen-bond donors (Lipinski definition) is 2. The van der Waals surface area contributed by atoms with Gasteiger partial charge in [-0.15, -0.1) is 0 Å². The number of benzene rings is 1. The summed E-state index contributed by atoms with van der Waals surface area (Å²) in [7, 11) is 1.53. The van der Waals surface area contributed by atoms with E-state index in [2.05, 4.69) is 0 Å². The molecule has 1 aromatic carbocycles. The Morgan fingerprint density at radius 2 is 2.21 bits per heavy atom. The first-order chi connectivity index (χ1) is 6.70. The summed E-state index contributed by atoms with van der Waals surface area (Å²) in [6, 6.07) is 3.64. The fourth-order valence-corrected chi connectivity index (χ4v) is 1.25. The van der Waals surface area contributed by atoms with Crippen LogP contribution in [0.3, 0.4) is 0 Å².